The van der Waals surface area contributed by atoms with Crippen LogP contribution in [0.4, 0.5) is 0 Å². The van der Waals surface area contributed by atoms with Crippen molar-refractivity contribution in [3.63, 3.8) is 0 Å². The van der Waals surface area contributed by atoms with E-state index in [1.165, 1.54) is 26.2 Å². The van der Waals surface area contributed by atoms with Crippen molar-refractivity contribution < 1.29 is 9.59 Å². The Labute approximate surface area is 104 Å². The maximum atomic E-state index is 11.6. The van der Waals surface area contributed by atoms with E-state index in [0.717, 1.165) is 12.8 Å². The highest BCUT2D eigenvalue weighted by molar-refractivity contribution is 5.87. The molecule has 4 nitrogen and oxygen atoms in total. The smallest absolute Gasteiger partial charge is 0.220 e. The Kier molecular flexibility index (Phi) is 9.72. The monoisotopic (exact) mass is 242 g/mol. The van der Waals surface area contributed by atoms with Gasteiger partial charge >= 0.3 is 0 Å². The molecule has 0 radical (unpaired) electrons. The lowest BCUT2D eigenvalue weighted by molar-refractivity contribution is -0.127. The SMILES string of the molecule is CCCCCCCC(=O)N[C@@H](CCN)C(C)=O. The molecule has 0 heterocycles. The molecule has 0 aliphatic heterocycles. The molecule has 100 valence electrons. The molecule has 0 bridgehead atoms. The Hall–Kier alpha value is -0.900. The van der Waals surface area contributed by atoms with Crippen LogP contribution >= 0.6 is 0 Å². The van der Waals surface area contributed by atoms with Crippen LogP contribution in [0.25, 0.3) is 0 Å². The van der Waals surface area contributed by atoms with Crippen molar-refractivity contribution in [1.82, 2.24) is 5.32 Å². The minimum absolute atomic E-state index is 0.0187. The molecule has 0 saturated carbocycles. The van der Waals surface area contributed by atoms with E-state index >= 15 is 0 Å². The summed E-state index contributed by atoms with van der Waals surface area (Å²) in [4.78, 5) is 22.8. The molecule has 3 N–H and O–H groups in total. The lowest BCUT2D eigenvalue weighted by Gasteiger charge is -2.14. The van der Waals surface area contributed by atoms with E-state index in [0.29, 0.717) is 19.4 Å². The van der Waals surface area contributed by atoms with Crippen LogP contribution in [0.2, 0.25) is 0 Å². The zero-order valence-electron chi connectivity index (χ0n) is 11.1. The van der Waals surface area contributed by atoms with Crippen LogP contribution < -0.4 is 11.1 Å². The molecule has 1 amide bonds. The fraction of sp³-hybridized carbons (Fsp3) is 0.846. The van der Waals surface area contributed by atoms with Gasteiger partial charge in [-0.15, -0.1) is 0 Å². The van der Waals surface area contributed by atoms with E-state index in [1.807, 2.05) is 0 Å². The quantitative estimate of drug-likeness (QED) is 0.573. The van der Waals surface area contributed by atoms with E-state index in [9.17, 15) is 9.59 Å². The molecule has 17 heavy (non-hydrogen) atoms. The zero-order chi connectivity index (χ0) is 13.1. The summed E-state index contributed by atoms with van der Waals surface area (Å²) in [6.45, 7) is 4.07. The van der Waals surface area contributed by atoms with Crippen LogP contribution in [0.3, 0.4) is 0 Å². The summed E-state index contributed by atoms with van der Waals surface area (Å²) in [5.41, 5.74) is 5.39. The fourth-order valence-electron chi connectivity index (χ4n) is 1.70. The van der Waals surface area contributed by atoms with E-state index in [2.05, 4.69) is 12.2 Å². The summed E-state index contributed by atoms with van der Waals surface area (Å²) in [5, 5.41) is 2.74. The predicted molar refractivity (Wildman–Crippen MR) is 69.7 cm³/mol. The lowest BCUT2D eigenvalue weighted by atomic mass is 10.1. The summed E-state index contributed by atoms with van der Waals surface area (Å²) in [6.07, 6.45) is 6.64. The number of Topliss-reactive ketones (excluding diaryl/α,β-unsaturated/α-hetero) is 1. The minimum atomic E-state index is -0.400. The Morgan fingerprint density at radius 2 is 1.82 bits per heavy atom. The van der Waals surface area contributed by atoms with Gasteiger partial charge in [0.05, 0.1) is 6.04 Å². The number of nitrogens with two attached hydrogens (primary N) is 1. The van der Waals surface area contributed by atoms with Gasteiger partial charge in [-0.05, 0) is 26.3 Å². The van der Waals surface area contributed by atoms with Crippen LogP contribution in [0.5, 0.6) is 0 Å². The normalized spacial score (nSPS) is 12.2. The number of rotatable bonds is 10. The highest BCUT2D eigenvalue weighted by Crippen LogP contribution is 2.05. The second-order valence-corrected chi connectivity index (χ2v) is 4.47. The molecule has 0 fully saturated rings. The second-order valence-electron chi connectivity index (χ2n) is 4.47. The summed E-state index contributed by atoms with van der Waals surface area (Å²) >= 11 is 0. The van der Waals surface area contributed by atoms with Gasteiger partial charge in [-0.2, -0.15) is 0 Å². The third-order valence-corrected chi connectivity index (χ3v) is 2.79. The first kappa shape index (κ1) is 16.1. The minimum Gasteiger partial charge on any atom is -0.346 e. The number of carbonyl (C=O) groups excluding carboxylic acids is 2. The van der Waals surface area contributed by atoms with Crippen molar-refractivity contribution in [1.29, 1.82) is 0 Å². The van der Waals surface area contributed by atoms with Gasteiger partial charge in [0.15, 0.2) is 5.78 Å². The van der Waals surface area contributed by atoms with Crippen molar-refractivity contribution >= 4 is 11.7 Å². The van der Waals surface area contributed by atoms with Crippen LogP contribution in [0.15, 0.2) is 0 Å². The van der Waals surface area contributed by atoms with Crippen LogP contribution in [0.1, 0.15) is 58.8 Å². The second kappa shape index (κ2) is 10.3. The van der Waals surface area contributed by atoms with Gasteiger partial charge in [-0.3, -0.25) is 9.59 Å². The van der Waals surface area contributed by atoms with Gasteiger partial charge in [0, 0.05) is 6.42 Å². The van der Waals surface area contributed by atoms with Crippen molar-refractivity contribution in [2.45, 2.75) is 64.8 Å². The number of hydrogen-bond acceptors (Lipinski definition) is 3. The summed E-state index contributed by atoms with van der Waals surface area (Å²) < 4.78 is 0. The molecule has 0 saturated heterocycles. The maximum absolute atomic E-state index is 11.6. The highest BCUT2D eigenvalue weighted by atomic mass is 16.2. The van der Waals surface area contributed by atoms with Crippen molar-refractivity contribution in [3.8, 4) is 0 Å². The van der Waals surface area contributed by atoms with Crippen molar-refractivity contribution in [2.24, 2.45) is 5.73 Å². The van der Waals surface area contributed by atoms with E-state index in [1.54, 1.807) is 0 Å². The van der Waals surface area contributed by atoms with Crippen LogP contribution in [0, 0.1) is 0 Å². The van der Waals surface area contributed by atoms with Crippen LogP contribution in [-0.2, 0) is 9.59 Å². The number of nitrogens with one attached hydrogen (secondary N) is 1. The third kappa shape index (κ3) is 8.86. The molecule has 0 spiro atoms. The molecular weight excluding hydrogens is 216 g/mol. The van der Waals surface area contributed by atoms with Gasteiger partial charge < -0.3 is 11.1 Å². The lowest BCUT2D eigenvalue weighted by Crippen LogP contribution is -2.40. The molecule has 0 rings (SSSR count). The number of unbranched alkanes of at least 4 members (excludes halogenated alkanes) is 4. The molecule has 0 aliphatic carbocycles. The Morgan fingerprint density at radius 1 is 1.18 bits per heavy atom. The number of amides is 1. The molecule has 1 atom stereocenters. The Balaban J connectivity index is 3.71. The van der Waals surface area contributed by atoms with Crippen molar-refractivity contribution in [2.75, 3.05) is 6.54 Å². The molecular formula is C13H26N2O2. The molecule has 0 aromatic heterocycles. The number of hydrogen-bond donors (Lipinski definition) is 2. The average molecular weight is 242 g/mol. The van der Waals surface area contributed by atoms with E-state index < -0.39 is 6.04 Å². The fourth-order valence-corrected chi connectivity index (χ4v) is 1.70. The van der Waals surface area contributed by atoms with Gasteiger partial charge in [0.2, 0.25) is 5.91 Å². The standard InChI is InChI=1S/C13H26N2O2/c1-3-4-5-6-7-8-13(17)15-12(9-10-14)11(2)16/h12H,3-10,14H2,1-2H3,(H,15,17)/t12-/m0/s1. The van der Waals surface area contributed by atoms with Crippen LogP contribution in [-0.4, -0.2) is 24.3 Å². The number of ketones is 1. The Bertz CT molecular complexity index is 229. The Morgan fingerprint density at radius 3 is 2.35 bits per heavy atom. The topological polar surface area (TPSA) is 72.2 Å². The molecule has 0 unspecified atom stereocenters. The zero-order valence-corrected chi connectivity index (χ0v) is 11.1. The molecule has 0 aliphatic rings. The highest BCUT2D eigenvalue weighted by Gasteiger charge is 2.15. The van der Waals surface area contributed by atoms with Crippen molar-refractivity contribution in [3.05, 3.63) is 0 Å². The summed E-state index contributed by atoms with van der Waals surface area (Å²) in [6, 6.07) is -0.400. The van der Waals surface area contributed by atoms with Gasteiger partial charge in [-0.1, -0.05) is 32.6 Å². The average Bonchev–Trinajstić information content (AvgIpc) is 2.28. The van der Waals surface area contributed by atoms with E-state index in [-0.39, 0.29) is 11.7 Å². The first-order chi connectivity index (χ1) is 8.11. The molecule has 4 heteroatoms. The van der Waals surface area contributed by atoms with E-state index in [4.69, 9.17) is 5.73 Å². The first-order valence-corrected chi connectivity index (χ1v) is 6.61. The molecule has 0 aromatic rings. The maximum Gasteiger partial charge on any atom is 0.220 e. The summed E-state index contributed by atoms with van der Waals surface area (Å²) in [5.74, 6) is -0.0510. The molecule has 0 aromatic carbocycles. The van der Waals surface area contributed by atoms with Gasteiger partial charge in [0.1, 0.15) is 0 Å². The number of carbonyl (C=O) groups is 2. The van der Waals surface area contributed by atoms with Gasteiger partial charge in [0.25, 0.3) is 0 Å². The first-order valence-electron chi connectivity index (χ1n) is 6.61. The predicted octanol–water partition coefficient (Wildman–Crippen LogP) is 1.77. The van der Waals surface area contributed by atoms with Gasteiger partial charge in [-0.25, -0.2) is 0 Å². The summed E-state index contributed by atoms with van der Waals surface area (Å²) in [7, 11) is 0. The third-order valence-electron chi connectivity index (χ3n) is 2.79. The largest absolute Gasteiger partial charge is 0.346 e.